The molecule has 1 amide bonds. The molecule has 0 bridgehead atoms. The van der Waals surface area contributed by atoms with Crippen LogP contribution in [0.1, 0.15) is 25.0 Å². The molecule has 5 nitrogen and oxygen atoms in total. The van der Waals surface area contributed by atoms with Crippen molar-refractivity contribution in [3.8, 4) is 0 Å². The van der Waals surface area contributed by atoms with E-state index in [2.05, 4.69) is 0 Å². The Morgan fingerprint density at radius 2 is 1.95 bits per heavy atom. The second kappa shape index (κ2) is 5.30. The van der Waals surface area contributed by atoms with Crippen LogP contribution in [-0.2, 0) is 22.5 Å². The third-order valence-corrected chi connectivity index (χ3v) is 3.10. The minimum absolute atomic E-state index is 0.265. The first-order chi connectivity index (χ1) is 8.99. The van der Waals surface area contributed by atoms with E-state index in [0.29, 0.717) is 6.42 Å². The lowest BCUT2D eigenvalue weighted by molar-refractivity contribution is -0.143. The summed E-state index contributed by atoms with van der Waals surface area (Å²) in [6.07, 6.45) is -0.519. The Kier molecular flexibility index (Phi) is 3.74. The zero-order valence-corrected chi connectivity index (χ0v) is 11.0. The highest BCUT2D eigenvalue weighted by Gasteiger charge is 2.35. The molecule has 0 radical (unpaired) electrons. The van der Waals surface area contributed by atoms with Crippen molar-refractivity contribution in [3.05, 3.63) is 35.4 Å². The molecule has 1 atom stereocenters. The number of hydrogen-bond acceptors (Lipinski definition) is 3. The molecule has 1 heterocycles. The molecule has 2 rings (SSSR count). The van der Waals surface area contributed by atoms with Crippen molar-refractivity contribution in [1.29, 1.82) is 0 Å². The molecule has 0 saturated heterocycles. The van der Waals surface area contributed by atoms with E-state index in [1.807, 2.05) is 24.3 Å². The minimum atomic E-state index is -1.00. The number of nitrogens with zero attached hydrogens (tertiary/aromatic N) is 1. The summed E-state index contributed by atoms with van der Waals surface area (Å²) in [4.78, 5) is 24.6. The van der Waals surface area contributed by atoms with Crippen molar-refractivity contribution in [1.82, 2.24) is 4.90 Å². The molecule has 0 aliphatic carbocycles. The first-order valence-electron chi connectivity index (χ1n) is 6.26. The summed E-state index contributed by atoms with van der Waals surface area (Å²) in [5, 5.41) is 9.27. The van der Waals surface area contributed by atoms with Gasteiger partial charge in [-0.25, -0.2) is 9.59 Å². The van der Waals surface area contributed by atoms with Crippen molar-refractivity contribution >= 4 is 12.1 Å². The van der Waals surface area contributed by atoms with Crippen LogP contribution in [0, 0.1) is 0 Å². The summed E-state index contributed by atoms with van der Waals surface area (Å²) < 4.78 is 5.11. The van der Waals surface area contributed by atoms with Crippen molar-refractivity contribution in [2.45, 2.75) is 39.0 Å². The SMILES string of the molecule is CC(C)OC(=O)N1Cc2ccccc2C[C@H]1C(=O)O. The minimum Gasteiger partial charge on any atom is -0.480 e. The van der Waals surface area contributed by atoms with Crippen LogP contribution >= 0.6 is 0 Å². The number of aliphatic carboxylic acids is 1. The van der Waals surface area contributed by atoms with Gasteiger partial charge in [0, 0.05) is 6.42 Å². The van der Waals surface area contributed by atoms with E-state index >= 15 is 0 Å². The van der Waals surface area contributed by atoms with Gasteiger partial charge in [-0.2, -0.15) is 0 Å². The van der Waals surface area contributed by atoms with Gasteiger partial charge in [0.15, 0.2) is 0 Å². The fourth-order valence-electron chi connectivity index (χ4n) is 2.20. The zero-order valence-electron chi connectivity index (χ0n) is 11.0. The quantitative estimate of drug-likeness (QED) is 0.886. The van der Waals surface area contributed by atoms with E-state index in [-0.39, 0.29) is 12.6 Å². The molecular formula is C14H17NO4. The van der Waals surface area contributed by atoms with Crippen LogP contribution in [0.2, 0.25) is 0 Å². The second-order valence-electron chi connectivity index (χ2n) is 4.89. The summed E-state index contributed by atoms with van der Waals surface area (Å²) in [6, 6.07) is 6.70. The lowest BCUT2D eigenvalue weighted by atomic mass is 9.94. The van der Waals surface area contributed by atoms with Crippen molar-refractivity contribution in [3.63, 3.8) is 0 Å². The number of carboxylic acid groups (broad SMARTS) is 1. The molecule has 0 unspecified atom stereocenters. The topological polar surface area (TPSA) is 66.8 Å². The third-order valence-electron chi connectivity index (χ3n) is 3.10. The molecule has 0 fully saturated rings. The Morgan fingerprint density at radius 3 is 2.53 bits per heavy atom. The Hall–Kier alpha value is -2.04. The van der Waals surface area contributed by atoms with E-state index in [1.165, 1.54) is 4.90 Å². The number of carbonyl (C=O) groups excluding carboxylic acids is 1. The van der Waals surface area contributed by atoms with Crippen molar-refractivity contribution in [2.75, 3.05) is 0 Å². The summed E-state index contributed by atoms with van der Waals surface area (Å²) in [7, 11) is 0. The van der Waals surface area contributed by atoms with Gasteiger partial charge in [0.05, 0.1) is 12.6 Å². The van der Waals surface area contributed by atoms with Crippen LogP contribution in [0.3, 0.4) is 0 Å². The van der Waals surface area contributed by atoms with Crippen molar-refractivity contribution in [2.24, 2.45) is 0 Å². The van der Waals surface area contributed by atoms with Gasteiger partial charge in [-0.15, -0.1) is 0 Å². The van der Waals surface area contributed by atoms with E-state index < -0.39 is 18.1 Å². The molecule has 1 aliphatic rings. The average molecular weight is 263 g/mol. The van der Waals surface area contributed by atoms with Gasteiger partial charge in [0.2, 0.25) is 0 Å². The molecule has 0 spiro atoms. The number of carbonyl (C=O) groups is 2. The van der Waals surface area contributed by atoms with Gasteiger partial charge in [-0.1, -0.05) is 24.3 Å². The Morgan fingerprint density at radius 1 is 1.32 bits per heavy atom. The Balaban J connectivity index is 2.26. The standard InChI is InChI=1S/C14H17NO4/c1-9(2)19-14(18)15-8-11-6-4-3-5-10(11)7-12(15)13(16)17/h3-6,9,12H,7-8H2,1-2H3,(H,16,17)/t12-/m0/s1. The highest BCUT2D eigenvalue weighted by molar-refractivity contribution is 5.81. The molecule has 1 N–H and O–H groups in total. The molecule has 5 heteroatoms. The molecule has 1 aliphatic heterocycles. The first-order valence-corrected chi connectivity index (χ1v) is 6.26. The normalized spacial score (nSPS) is 18.1. The highest BCUT2D eigenvalue weighted by Crippen LogP contribution is 2.24. The largest absolute Gasteiger partial charge is 0.480 e. The smallest absolute Gasteiger partial charge is 0.411 e. The van der Waals surface area contributed by atoms with E-state index in [4.69, 9.17) is 4.74 Å². The molecule has 0 aromatic heterocycles. The van der Waals surface area contributed by atoms with Gasteiger partial charge in [-0.3, -0.25) is 4.90 Å². The van der Waals surface area contributed by atoms with Gasteiger partial charge in [0.25, 0.3) is 0 Å². The molecule has 1 aromatic rings. The van der Waals surface area contributed by atoms with Crippen LogP contribution in [0.5, 0.6) is 0 Å². The fraction of sp³-hybridized carbons (Fsp3) is 0.429. The maximum absolute atomic E-state index is 12.0. The Bertz CT molecular complexity index is 498. The molecule has 0 saturated carbocycles. The van der Waals surface area contributed by atoms with Crippen LogP contribution in [0.4, 0.5) is 4.79 Å². The second-order valence-corrected chi connectivity index (χ2v) is 4.89. The van der Waals surface area contributed by atoms with Gasteiger partial charge in [-0.05, 0) is 25.0 Å². The number of carboxylic acids is 1. The summed E-state index contributed by atoms with van der Waals surface area (Å²) in [6.45, 7) is 3.76. The molecular weight excluding hydrogens is 246 g/mol. The number of ether oxygens (including phenoxy) is 1. The highest BCUT2D eigenvalue weighted by atomic mass is 16.6. The Labute approximate surface area is 111 Å². The fourth-order valence-corrected chi connectivity index (χ4v) is 2.20. The van der Waals surface area contributed by atoms with Gasteiger partial charge >= 0.3 is 12.1 Å². The number of benzene rings is 1. The maximum atomic E-state index is 12.0. The lowest BCUT2D eigenvalue weighted by Gasteiger charge is -2.34. The first kappa shape index (κ1) is 13.4. The zero-order chi connectivity index (χ0) is 14.0. The average Bonchev–Trinajstić information content (AvgIpc) is 2.36. The maximum Gasteiger partial charge on any atom is 0.411 e. The van der Waals surface area contributed by atoms with Crippen LogP contribution in [0.25, 0.3) is 0 Å². The van der Waals surface area contributed by atoms with Crippen molar-refractivity contribution < 1.29 is 19.4 Å². The predicted molar refractivity (Wildman–Crippen MR) is 68.7 cm³/mol. The number of amides is 1. The van der Waals surface area contributed by atoms with E-state index in [0.717, 1.165) is 11.1 Å². The van der Waals surface area contributed by atoms with Crippen LogP contribution < -0.4 is 0 Å². The van der Waals surface area contributed by atoms with E-state index in [9.17, 15) is 14.7 Å². The number of rotatable bonds is 2. The third kappa shape index (κ3) is 2.86. The van der Waals surface area contributed by atoms with Gasteiger partial charge in [0.1, 0.15) is 6.04 Å². The van der Waals surface area contributed by atoms with Crippen LogP contribution in [0.15, 0.2) is 24.3 Å². The summed E-state index contributed by atoms with van der Waals surface area (Å²) >= 11 is 0. The lowest BCUT2D eigenvalue weighted by Crippen LogP contribution is -2.49. The molecule has 102 valence electrons. The van der Waals surface area contributed by atoms with E-state index in [1.54, 1.807) is 13.8 Å². The molecule has 1 aromatic carbocycles. The van der Waals surface area contributed by atoms with Gasteiger partial charge < -0.3 is 9.84 Å². The summed E-state index contributed by atoms with van der Waals surface area (Å²) in [5.74, 6) is -1.00. The van der Waals surface area contributed by atoms with Crippen LogP contribution in [-0.4, -0.2) is 34.2 Å². The monoisotopic (exact) mass is 263 g/mol. The summed E-state index contributed by atoms with van der Waals surface area (Å²) in [5.41, 5.74) is 1.95. The predicted octanol–water partition coefficient (Wildman–Crippen LogP) is 2.04. The molecule has 19 heavy (non-hydrogen) atoms. The number of fused-ring (bicyclic) bond motifs is 1. The number of hydrogen-bond donors (Lipinski definition) is 1.